The highest BCUT2D eigenvalue weighted by molar-refractivity contribution is 5.79. The predicted octanol–water partition coefficient (Wildman–Crippen LogP) is 7.59. The number of anilines is 1. The smallest absolute Gasteiger partial charge is 0.416 e. The van der Waals surface area contributed by atoms with Crippen LogP contribution in [0.5, 0.6) is 5.75 Å². The summed E-state index contributed by atoms with van der Waals surface area (Å²) in [5, 5.41) is 0. The summed E-state index contributed by atoms with van der Waals surface area (Å²) < 4.78 is 60.4. The van der Waals surface area contributed by atoms with Crippen molar-refractivity contribution in [2.24, 2.45) is 11.8 Å². The summed E-state index contributed by atoms with van der Waals surface area (Å²) in [6.45, 7) is 12.6. The molecule has 1 amide bonds. The van der Waals surface area contributed by atoms with E-state index in [2.05, 4.69) is 25.7 Å². The van der Waals surface area contributed by atoms with Crippen molar-refractivity contribution < 1.29 is 36.6 Å². The summed E-state index contributed by atoms with van der Waals surface area (Å²) in [4.78, 5) is 31.7. The molecule has 0 bridgehead atoms. The Balaban J connectivity index is 0.000000540. The lowest BCUT2D eigenvalue weighted by molar-refractivity contribution is -0.148. The Morgan fingerprint density at radius 1 is 0.833 bits per heavy atom. The van der Waals surface area contributed by atoms with Crippen molar-refractivity contribution in [3.05, 3.63) is 59.7 Å². The fraction of sp³-hybridized carbons (Fsp3) is 0.622. The number of rotatable bonds is 6. The van der Waals surface area contributed by atoms with E-state index in [4.69, 9.17) is 9.47 Å². The second-order valence-electron chi connectivity index (χ2n) is 13.5. The number of likely N-dealkylation sites (tertiary alicyclic amines) is 2. The average molecular weight is 680 g/mol. The van der Waals surface area contributed by atoms with Crippen LogP contribution in [0.15, 0.2) is 48.5 Å². The second-order valence-corrected chi connectivity index (χ2v) is 13.5. The quantitative estimate of drug-likeness (QED) is 0.232. The normalized spacial score (nSPS) is 19.5. The minimum Gasteiger partial charge on any atom is -0.497 e. The minimum atomic E-state index is -4.42. The molecule has 3 fully saturated rings. The molecule has 48 heavy (non-hydrogen) atoms. The molecular formula is C37H53F4N3O4. The van der Waals surface area contributed by atoms with E-state index in [-0.39, 0.29) is 35.2 Å². The number of alkyl halides is 4. The molecule has 1 atom stereocenters. The number of nitrogens with zero attached hydrogens (tertiary/aromatic N) is 3. The number of amides is 1. The number of esters is 1. The lowest BCUT2D eigenvalue weighted by atomic mass is 9.86. The van der Waals surface area contributed by atoms with Crippen LogP contribution in [0.25, 0.3) is 0 Å². The minimum absolute atomic E-state index is 0.0214. The van der Waals surface area contributed by atoms with E-state index in [1.165, 1.54) is 12.1 Å². The van der Waals surface area contributed by atoms with E-state index in [0.717, 1.165) is 43.7 Å². The van der Waals surface area contributed by atoms with Crippen LogP contribution in [0.3, 0.4) is 0 Å². The van der Waals surface area contributed by atoms with Crippen LogP contribution >= 0.6 is 0 Å². The molecule has 2 aromatic rings. The zero-order chi connectivity index (χ0) is 35.5. The van der Waals surface area contributed by atoms with Gasteiger partial charge in [0.15, 0.2) is 0 Å². The maximum absolute atomic E-state index is 13.6. The van der Waals surface area contributed by atoms with Gasteiger partial charge in [-0.05, 0) is 102 Å². The predicted molar refractivity (Wildman–Crippen MR) is 181 cm³/mol. The average Bonchev–Trinajstić information content (AvgIpc) is 3.61. The number of benzene rings is 2. The van der Waals surface area contributed by atoms with Gasteiger partial charge in [0.05, 0.1) is 38.3 Å². The van der Waals surface area contributed by atoms with Crippen molar-refractivity contribution in [3.8, 4) is 5.75 Å². The van der Waals surface area contributed by atoms with Crippen LogP contribution in [0.2, 0.25) is 0 Å². The molecule has 0 aromatic heterocycles. The maximum atomic E-state index is 13.6. The fourth-order valence-corrected chi connectivity index (χ4v) is 6.75. The monoisotopic (exact) mass is 679 g/mol. The lowest BCUT2D eigenvalue weighted by Gasteiger charge is -2.38. The van der Waals surface area contributed by atoms with Crippen LogP contribution in [0, 0.1) is 11.8 Å². The summed E-state index contributed by atoms with van der Waals surface area (Å²) in [6.07, 6.45) is -0.948. The summed E-state index contributed by atoms with van der Waals surface area (Å²) in [5.74, 6) is 0.805. The van der Waals surface area contributed by atoms with E-state index < -0.39 is 11.7 Å². The first-order valence-corrected chi connectivity index (χ1v) is 16.9. The number of piperidine rings is 2. The Morgan fingerprint density at radius 3 is 1.94 bits per heavy atom. The lowest BCUT2D eigenvalue weighted by Crippen LogP contribution is -2.44. The van der Waals surface area contributed by atoms with Gasteiger partial charge in [-0.3, -0.25) is 18.9 Å². The standard InChI is InChI=1S/C29H42F3N3O3.C7H8O.CH3F/c1-5-38-27(37)21-10-13-33(14-11-21)25-18-23(29(30,31)32)6-7-24(25)20-8-15-34(16-9-20)26(36)22-12-17-35(19-22)28(2,3)4;1-8-7-5-3-2-4-6-7;1-2/h6-7,18,20-22H,5,8-17,19H2,1-4H3;2-6H,1H3;1H3. The Morgan fingerprint density at radius 2 is 1.44 bits per heavy atom. The molecular weight excluding hydrogens is 626 g/mol. The molecule has 0 radical (unpaired) electrons. The number of hydrogen-bond donors (Lipinski definition) is 0. The third kappa shape index (κ3) is 10.6. The zero-order valence-corrected chi connectivity index (χ0v) is 29.3. The van der Waals surface area contributed by atoms with E-state index >= 15 is 0 Å². The molecule has 0 aliphatic carbocycles. The summed E-state index contributed by atoms with van der Waals surface area (Å²) in [6, 6.07) is 13.8. The summed E-state index contributed by atoms with van der Waals surface area (Å²) in [5.41, 5.74) is 0.926. The van der Waals surface area contributed by atoms with Gasteiger partial charge < -0.3 is 19.3 Å². The molecule has 0 N–H and O–H groups in total. The number of carbonyl (C=O) groups is 2. The van der Waals surface area contributed by atoms with Crippen molar-refractivity contribution in [2.75, 3.05) is 65.1 Å². The molecule has 3 aliphatic heterocycles. The third-order valence-electron chi connectivity index (χ3n) is 9.52. The molecule has 268 valence electrons. The molecule has 5 rings (SSSR count). The highest BCUT2D eigenvalue weighted by Crippen LogP contribution is 2.41. The zero-order valence-electron chi connectivity index (χ0n) is 29.3. The van der Waals surface area contributed by atoms with Gasteiger partial charge in [0.25, 0.3) is 0 Å². The molecule has 3 aliphatic rings. The first kappa shape index (κ1) is 39.1. The van der Waals surface area contributed by atoms with Crippen molar-refractivity contribution in [1.29, 1.82) is 0 Å². The highest BCUT2D eigenvalue weighted by atomic mass is 19.4. The number of hydrogen-bond acceptors (Lipinski definition) is 6. The van der Waals surface area contributed by atoms with Crippen LogP contribution in [-0.2, 0) is 20.5 Å². The Labute approximate surface area is 283 Å². The first-order valence-electron chi connectivity index (χ1n) is 16.9. The van der Waals surface area contributed by atoms with Gasteiger partial charge in [-0.1, -0.05) is 24.3 Å². The first-order chi connectivity index (χ1) is 22.8. The van der Waals surface area contributed by atoms with Gasteiger partial charge in [-0.15, -0.1) is 0 Å². The van der Waals surface area contributed by atoms with E-state index in [1.54, 1.807) is 20.1 Å². The molecule has 1 unspecified atom stereocenters. The summed E-state index contributed by atoms with van der Waals surface area (Å²) in [7, 11) is 2.16. The van der Waals surface area contributed by atoms with Gasteiger partial charge in [0.2, 0.25) is 5.91 Å². The molecule has 0 spiro atoms. The molecule has 3 saturated heterocycles. The topological polar surface area (TPSA) is 62.3 Å². The number of methoxy groups -OCH3 is 1. The largest absolute Gasteiger partial charge is 0.497 e. The Hall–Kier alpha value is -3.34. The Kier molecular flexibility index (Phi) is 14.6. The number of halogens is 4. The van der Waals surface area contributed by atoms with Crippen LogP contribution in [0.4, 0.5) is 23.2 Å². The highest BCUT2D eigenvalue weighted by Gasteiger charge is 2.38. The van der Waals surface area contributed by atoms with Gasteiger partial charge in [-0.25, -0.2) is 0 Å². The van der Waals surface area contributed by atoms with Crippen LogP contribution < -0.4 is 9.64 Å². The van der Waals surface area contributed by atoms with Gasteiger partial charge >= 0.3 is 12.1 Å². The van der Waals surface area contributed by atoms with Crippen molar-refractivity contribution in [2.45, 2.75) is 77.4 Å². The molecule has 2 aromatic carbocycles. The molecule has 0 saturated carbocycles. The van der Waals surface area contributed by atoms with E-state index in [1.807, 2.05) is 40.1 Å². The van der Waals surface area contributed by atoms with Crippen molar-refractivity contribution in [3.63, 3.8) is 0 Å². The molecule has 3 heterocycles. The molecule has 11 heteroatoms. The number of para-hydroxylation sites is 1. The van der Waals surface area contributed by atoms with Gasteiger partial charge in [-0.2, -0.15) is 13.2 Å². The SMILES string of the molecule is CCOC(=O)C1CCN(c2cc(C(F)(F)F)ccc2C2CCN(C(=O)C3CCN(C(C)(C)C)C3)CC2)CC1.CF.COc1ccccc1. The van der Waals surface area contributed by atoms with E-state index in [0.29, 0.717) is 58.5 Å². The molecule has 7 nitrogen and oxygen atoms in total. The fourth-order valence-electron chi connectivity index (χ4n) is 6.75. The maximum Gasteiger partial charge on any atom is 0.416 e. The van der Waals surface area contributed by atoms with E-state index in [9.17, 15) is 27.2 Å². The van der Waals surface area contributed by atoms with Crippen LogP contribution in [-0.4, -0.2) is 87.4 Å². The van der Waals surface area contributed by atoms with Crippen LogP contribution in [0.1, 0.15) is 76.8 Å². The van der Waals surface area contributed by atoms with Gasteiger partial charge in [0.1, 0.15) is 5.75 Å². The number of ether oxygens (including phenoxy) is 2. The number of carbonyl (C=O) groups excluding carboxylic acids is 2. The van der Waals surface area contributed by atoms with Gasteiger partial charge in [0, 0.05) is 44.0 Å². The second kappa shape index (κ2) is 17.9. The third-order valence-corrected chi connectivity index (χ3v) is 9.52. The summed E-state index contributed by atoms with van der Waals surface area (Å²) >= 11 is 0. The van der Waals surface area contributed by atoms with Crippen molar-refractivity contribution in [1.82, 2.24) is 9.80 Å². The van der Waals surface area contributed by atoms with Crippen molar-refractivity contribution >= 4 is 17.6 Å². The Bertz CT molecular complexity index is 1290.